The van der Waals surface area contributed by atoms with Crippen molar-refractivity contribution >= 4 is 17.8 Å². The zero-order chi connectivity index (χ0) is 14.6. The molecule has 19 heavy (non-hydrogen) atoms. The number of hydrogen-bond donors (Lipinski definition) is 1. The molecule has 6 nitrogen and oxygen atoms in total. The van der Waals surface area contributed by atoms with Crippen LogP contribution in [0.4, 0.5) is 4.79 Å². The summed E-state index contributed by atoms with van der Waals surface area (Å²) in [5.41, 5.74) is 0. The number of barbiturate groups is 1. The van der Waals surface area contributed by atoms with Crippen molar-refractivity contribution in [3.8, 4) is 0 Å². The average molecular weight is 269 g/mol. The number of unbranched alkanes of at least 4 members (excludes halogenated alkanes) is 1. The number of carbonyl (C=O) groups is 3. The number of carbonyl (C=O) groups excluding carboxylic acids is 3. The Labute approximate surface area is 114 Å². The molecule has 108 valence electrons. The Morgan fingerprint density at radius 1 is 1.21 bits per heavy atom. The molecule has 6 heteroatoms. The van der Waals surface area contributed by atoms with Crippen LogP contribution in [0.2, 0.25) is 0 Å². The second kappa shape index (κ2) is 6.65. The zero-order valence-electron chi connectivity index (χ0n) is 12.1. The maximum atomic E-state index is 12.1. The monoisotopic (exact) mass is 269 g/mol. The Hall–Kier alpha value is -1.43. The SMILES string of the molecule is CC(C)C1C(=O)NC(=O)N(CCCCN(C)C)C1=O. The summed E-state index contributed by atoms with van der Waals surface area (Å²) in [4.78, 5) is 38.7. The van der Waals surface area contributed by atoms with E-state index in [4.69, 9.17) is 0 Å². The number of rotatable bonds is 6. The normalized spacial score (nSPS) is 20.4. The van der Waals surface area contributed by atoms with Gasteiger partial charge in [0.2, 0.25) is 11.8 Å². The maximum absolute atomic E-state index is 12.1. The van der Waals surface area contributed by atoms with Gasteiger partial charge in [0.25, 0.3) is 0 Å². The standard InChI is InChI=1S/C13H23N3O3/c1-9(2)10-11(17)14-13(19)16(12(10)18)8-6-5-7-15(3)4/h9-10H,5-8H2,1-4H3,(H,14,17,19). The highest BCUT2D eigenvalue weighted by molar-refractivity contribution is 6.16. The fourth-order valence-corrected chi connectivity index (χ4v) is 2.13. The molecule has 1 fully saturated rings. The van der Waals surface area contributed by atoms with E-state index in [2.05, 4.69) is 10.2 Å². The van der Waals surface area contributed by atoms with E-state index in [1.54, 1.807) is 0 Å². The first-order valence-corrected chi connectivity index (χ1v) is 6.65. The molecule has 1 atom stereocenters. The molecular formula is C13H23N3O3. The number of nitrogens with one attached hydrogen (secondary N) is 1. The zero-order valence-corrected chi connectivity index (χ0v) is 12.1. The predicted octanol–water partition coefficient (Wildman–Crippen LogP) is 0.679. The Morgan fingerprint density at radius 2 is 1.84 bits per heavy atom. The van der Waals surface area contributed by atoms with Gasteiger partial charge in [-0.15, -0.1) is 0 Å². The van der Waals surface area contributed by atoms with Crippen LogP contribution in [0.15, 0.2) is 0 Å². The molecule has 0 saturated carbocycles. The van der Waals surface area contributed by atoms with Crippen LogP contribution in [0.25, 0.3) is 0 Å². The van der Waals surface area contributed by atoms with Crippen LogP contribution in [0, 0.1) is 11.8 Å². The van der Waals surface area contributed by atoms with Gasteiger partial charge in [0.1, 0.15) is 5.92 Å². The summed E-state index contributed by atoms with van der Waals surface area (Å²) in [6.45, 7) is 4.90. The van der Waals surface area contributed by atoms with Crippen LogP contribution in [-0.4, -0.2) is 54.8 Å². The fourth-order valence-electron chi connectivity index (χ4n) is 2.13. The van der Waals surface area contributed by atoms with Gasteiger partial charge in [-0.1, -0.05) is 13.8 Å². The fraction of sp³-hybridized carbons (Fsp3) is 0.769. The van der Waals surface area contributed by atoms with Gasteiger partial charge in [0.15, 0.2) is 0 Å². The van der Waals surface area contributed by atoms with E-state index < -0.39 is 17.9 Å². The molecule has 1 aliphatic rings. The van der Waals surface area contributed by atoms with Crippen molar-refractivity contribution < 1.29 is 14.4 Å². The third kappa shape index (κ3) is 4.02. The highest BCUT2D eigenvalue weighted by Crippen LogP contribution is 2.19. The predicted molar refractivity (Wildman–Crippen MR) is 71.4 cm³/mol. The van der Waals surface area contributed by atoms with Crippen LogP contribution in [0.1, 0.15) is 26.7 Å². The lowest BCUT2D eigenvalue weighted by molar-refractivity contribution is -0.144. The van der Waals surface area contributed by atoms with E-state index in [-0.39, 0.29) is 11.8 Å². The minimum absolute atomic E-state index is 0.107. The van der Waals surface area contributed by atoms with Crippen molar-refractivity contribution in [1.29, 1.82) is 0 Å². The van der Waals surface area contributed by atoms with Gasteiger partial charge >= 0.3 is 6.03 Å². The molecular weight excluding hydrogens is 246 g/mol. The molecule has 0 aromatic carbocycles. The first-order chi connectivity index (χ1) is 8.84. The van der Waals surface area contributed by atoms with Crippen molar-refractivity contribution in [3.05, 3.63) is 0 Å². The van der Waals surface area contributed by atoms with E-state index in [9.17, 15) is 14.4 Å². The molecule has 4 amide bonds. The van der Waals surface area contributed by atoms with Crippen LogP contribution in [0.5, 0.6) is 0 Å². The van der Waals surface area contributed by atoms with E-state index in [1.807, 2.05) is 27.9 Å². The average Bonchev–Trinajstić information content (AvgIpc) is 2.26. The van der Waals surface area contributed by atoms with Crippen LogP contribution < -0.4 is 5.32 Å². The third-order valence-electron chi connectivity index (χ3n) is 3.19. The van der Waals surface area contributed by atoms with E-state index >= 15 is 0 Å². The number of nitrogens with zero attached hydrogens (tertiary/aromatic N) is 2. The Balaban J connectivity index is 2.58. The summed E-state index contributed by atoms with van der Waals surface area (Å²) in [5.74, 6) is -1.69. The van der Waals surface area contributed by atoms with Gasteiger partial charge in [0.05, 0.1) is 0 Å². The number of hydrogen-bond acceptors (Lipinski definition) is 4. The molecule has 1 rings (SSSR count). The van der Waals surface area contributed by atoms with E-state index in [0.717, 1.165) is 19.4 Å². The van der Waals surface area contributed by atoms with Crippen molar-refractivity contribution in [2.24, 2.45) is 11.8 Å². The van der Waals surface area contributed by atoms with Crippen molar-refractivity contribution in [2.75, 3.05) is 27.2 Å². The van der Waals surface area contributed by atoms with Gasteiger partial charge in [0, 0.05) is 6.54 Å². The Bertz CT molecular complexity index is 366. The molecule has 1 unspecified atom stereocenters. The molecule has 1 aliphatic heterocycles. The van der Waals surface area contributed by atoms with Crippen molar-refractivity contribution in [3.63, 3.8) is 0 Å². The number of urea groups is 1. The van der Waals surface area contributed by atoms with E-state index in [0.29, 0.717) is 6.54 Å². The topological polar surface area (TPSA) is 69.7 Å². The second-order valence-electron chi connectivity index (χ2n) is 5.52. The summed E-state index contributed by atoms with van der Waals surface area (Å²) in [6.07, 6.45) is 1.65. The quantitative estimate of drug-likeness (QED) is 0.568. The van der Waals surface area contributed by atoms with Crippen molar-refractivity contribution in [2.45, 2.75) is 26.7 Å². The van der Waals surface area contributed by atoms with Gasteiger partial charge in [-0.2, -0.15) is 0 Å². The molecule has 0 aromatic rings. The lowest BCUT2D eigenvalue weighted by Crippen LogP contribution is -2.59. The molecule has 1 saturated heterocycles. The summed E-state index contributed by atoms with van der Waals surface area (Å²) in [7, 11) is 3.96. The summed E-state index contributed by atoms with van der Waals surface area (Å²) < 4.78 is 0. The Kier molecular flexibility index (Phi) is 5.47. The molecule has 1 N–H and O–H groups in total. The molecule has 0 bridgehead atoms. The summed E-state index contributed by atoms with van der Waals surface area (Å²) in [5, 5.41) is 2.26. The van der Waals surface area contributed by atoms with Gasteiger partial charge in [-0.25, -0.2) is 4.79 Å². The number of amides is 4. The summed E-state index contributed by atoms with van der Waals surface area (Å²) in [6, 6.07) is -0.586. The van der Waals surface area contributed by atoms with E-state index in [1.165, 1.54) is 4.90 Å². The maximum Gasteiger partial charge on any atom is 0.330 e. The molecule has 0 aromatic heterocycles. The first-order valence-electron chi connectivity index (χ1n) is 6.65. The van der Waals surface area contributed by atoms with Crippen LogP contribution in [0.3, 0.4) is 0 Å². The van der Waals surface area contributed by atoms with Gasteiger partial charge in [-0.3, -0.25) is 19.8 Å². The van der Waals surface area contributed by atoms with Crippen LogP contribution >= 0.6 is 0 Å². The highest BCUT2D eigenvalue weighted by Gasteiger charge is 2.41. The molecule has 0 spiro atoms. The van der Waals surface area contributed by atoms with Gasteiger partial charge < -0.3 is 4.90 Å². The van der Waals surface area contributed by atoms with Crippen molar-refractivity contribution in [1.82, 2.24) is 15.1 Å². The number of imide groups is 2. The summed E-state index contributed by atoms with van der Waals surface area (Å²) >= 11 is 0. The van der Waals surface area contributed by atoms with Gasteiger partial charge in [-0.05, 0) is 39.4 Å². The lowest BCUT2D eigenvalue weighted by atomic mass is 9.92. The first kappa shape index (κ1) is 15.6. The molecule has 0 radical (unpaired) electrons. The molecule has 0 aliphatic carbocycles. The highest BCUT2D eigenvalue weighted by atomic mass is 16.2. The minimum Gasteiger partial charge on any atom is -0.309 e. The molecule has 1 heterocycles. The minimum atomic E-state index is -0.744. The third-order valence-corrected chi connectivity index (χ3v) is 3.19. The second-order valence-corrected chi connectivity index (χ2v) is 5.52. The smallest absolute Gasteiger partial charge is 0.309 e. The van der Waals surface area contributed by atoms with Crippen LogP contribution in [-0.2, 0) is 9.59 Å². The largest absolute Gasteiger partial charge is 0.330 e. The Morgan fingerprint density at radius 3 is 2.37 bits per heavy atom. The lowest BCUT2D eigenvalue weighted by Gasteiger charge is -2.31.